The smallest absolute Gasteiger partial charge is 0.270 e. The maximum Gasteiger partial charge on any atom is 0.270 e. The Morgan fingerprint density at radius 3 is 1.88 bits per heavy atom. The minimum absolute atomic E-state index is 0.0880. The Bertz CT molecular complexity index is 224. The van der Waals surface area contributed by atoms with Crippen molar-refractivity contribution in [1.82, 2.24) is 4.90 Å². The lowest BCUT2D eigenvalue weighted by atomic mass is 9.86. The van der Waals surface area contributed by atoms with E-state index < -0.39 is 12.0 Å². The highest BCUT2D eigenvalue weighted by Crippen LogP contribution is 2.32. The van der Waals surface area contributed by atoms with Crippen LogP contribution in [0.3, 0.4) is 0 Å². The van der Waals surface area contributed by atoms with Gasteiger partial charge < -0.3 is 5.11 Å². The Hall–Kier alpha value is -0.220. The predicted molar refractivity (Wildman–Crippen MR) is 60.7 cm³/mol. The highest BCUT2D eigenvalue weighted by atomic mass is 19.3. The summed E-state index contributed by atoms with van der Waals surface area (Å²) in [5.74, 6) is -3.24. The molecule has 1 aliphatic heterocycles. The van der Waals surface area contributed by atoms with E-state index in [1.165, 1.54) is 0 Å². The Morgan fingerprint density at radius 2 is 1.56 bits per heavy atom. The highest BCUT2D eigenvalue weighted by Gasteiger charge is 2.40. The third-order valence-corrected chi connectivity index (χ3v) is 3.45. The lowest BCUT2D eigenvalue weighted by Gasteiger charge is -2.42. The second-order valence-electron chi connectivity index (χ2n) is 5.90. The molecule has 1 N–H and O–H groups in total. The first kappa shape index (κ1) is 13.8. The second kappa shape index (κ2) is 4.57. The molecule has 4 heteroatoms. The maximum absolute atomic E-state index is 13.0. The third kappa shape index (κ3) is 3.39. The number of hydrogen-bond donors (Lipinski definition) is 1. The van der Waals surface area contributed by atoms with E-state index in [0.717, 1.165) is 20.0 Å². The van der Waals surface area contributed by atoms with Gasteiger partial charge in [-0.05, 0) is 52.6 Å². The van der Waals surface area contributed by atoms with E-state index >= 15 is 0 Å². The fraction of sp³-hybridized carbons (Fsp3) is 1.00. The van der Waals surface area contributed by atoms with Gasteiger partial charge in [0.25, 0.3) is 5.92 Å². The fourth-order valence-electron chi connectivity index (χ4n) is 2.30. The molecule has 0 saturated carbocycles. The summed E-state index contributed by atoms with van der Waals surface area (Å²) >= 11 is 0. The number of rotatable bonds is 2. The van der Waals surface area contributed by atoms with Crippen molar-refractivity contribution < 1.29 is 13.9 Å². The molecule has 1 atom stereocenters. The Kier molecular flexibility index (Phi) is 3.95. The lowest BCUT2D eigenvalue weighted by molar-refractivity contribution is -0.128. The summed E-state index contributed by atoms with van der Waals surface area (Å²) in [7, 11) is 0. The minimum Gasteiger partial charge on any atom is -0.387 e. The standard InChI is InChI=1S/C12H23F2NO/c1-11(2,3)15-7-5-9(6-8-15)10(16)12(4,13)14/h9-10,16H,5-8H2,1-4H3/t10-/m0/s1. The number of likely N-dealkylation sites (tertiary alicyclic amines) is 1. The number of nitrogens with zero attached hydrogens (tertiary/aromatic N) is 1. The van der Waals surface area contributed by atoms with Crippen LogP contribution in [0.2, 0.25) is 0 Å². The first-order chi connectivity index (χ1) is 7.12. The zero-order chi connectivity index (χ0) is 12.6. The molecule has 0 aliphatic carbocycles. The van der Waals surface area contributed by atoms with E-state index in [1.807, 2.05) is 0 Å². The molecule has 96 valence electrons. The molecular weight excluding hydrogens is 212 g/mol. The van der Waals surface area contributed by atoms with Gasteiger partial charge in [-0.15, -0.1) is 0 Å². The van der Waals surface area contributed by atoms with E-state index in [-0.39, 0.29) is 11.5 Å². The van der Waals surface area contributed by atoms with E-state index in [1.54, 1.807) is 0 Å². The van der Waals surface area contributed by atoms with Gasteiger partial charge in [0, 0.05) is 12.5 Å². The average molecular weight is 235 g/mol. The zero-order valence-corrected chi connectivity index (χ0v) is 10.6. The molecule has 2 nitrogen and oxygen atoms in total. The van der Waals surface area contributed by atoms with Crippen LogP contribution in [-0.4, -0.2) is 40.7 Å². The molecule has 0 bridgehead atoms. The molecule has 1 aliphatic rings. The van der Waals surface area contributed by atoms with Crippen molar-refractivity contribution in [3.63, 3.8) is 0 Å². The molecule has 1 saturated heterocycles. The largest absolute Gasteiger partial charge is 0.387 e. The monoisotopic (exact) mass is 235 g/mol. The van der Waals surface area contributed by atoms with Crippen LogP contribution >= 0.6 is 0 Å². The second-order valence-corrected chi connectivity index (χ2v) is 5.90. The van der Waals surface area contributed by atoms with Gasteiger partial charge in [-0.25, -0.2) is 8.78 Å². The van der Waals surface area contributed by atoms with Crippen LogP contribution in [-0.2, 0) is 0 Å². The first-order valence-corrected chi connectivity index (χ1v) is 5.93. The van der Waals surface area contributed by atoms with Crippen molar-refractivity contribution in [3.8, 4) is 0 Å². The predicted octanol–water partition coefficient (Wildman–Crippen LogP) is 2.51. The molecular formula is C12H23F2NO. The van der Waals surface area contributed by atoms with Crippen LogP contribution in [0.1, 0.15) is 40.5 Å². The number of halogens is 2. The highest BCUT2D eigenvalue weighted by molar-refractivity contribution is 4.87. The molecule has 0 aromatic heterocycles. The molecule has 0 aromatic carbocycles. The van der Waals surface area contributed by atoms with Gasteiger partial charge in [-0.3, -0.25) is 4.90 Å². The molecule has 0 aromatic rings. The molecule has 1 rings (SSSR count). The molecule has 16 heavy (non-hydrogen) atoms. The van der Waals surface area contributed by atoms with Gasteiger partial charge >= 0.3 is 0 Å². The van der Waals surface area contributed by atoms with Gasteiger partial charge in [-0.1, -0.05) is 0 Å². The first-order valence-electron chi connectivity index (χ1n) is 5.93. The molecule has 0 amide bonds. The zero-order valence-electron chi connectivity index (χ0n) is 10.6. The van der Waals surface area contributed by atoms with E-state index in [9.17, 15) is 13.9 Å². The Morgan fingerprint density at radius 1 is 1.12 bits per heavy atom. The average Bonchev–Trinajstić information content (AvgIpc) is 2.14. The number of hydrogen-bond acceptors (Lipinski definition) is 2. The number of piperidine rings is 1. The van der Waals surface area contributed by atoms with E-state index in [2.05, 4.69) is 25.7 Å². The van der Waals surface area contributed by atoms with Crippen LogP contribution in [0.25, 0.3) is 0 Å². The van der Waals surface area contributed by atoms with Crippen LogP contribution < -0.4 is 0 Å². The summed E-state index contributed by atoms with van der Waals surface area (Å²) in [6.07, 6.45) is -0.182. The summed E-state index contributed by atoms with van der Waals surface area (Å²) in [4.78, 5) is 2.28. The molecule has 1 fully saturated rings. The van der Waals surface area contributed by atoms with Gasteiger partial charge in [0.2, 0.25) is 0 Å². The lowest BCUT2D eigenvalue weighted by Crippen LogP contribution is -2.49. The van der Waals surface area contributed by atoms with Crippen molar-refractivity contribution in [2.75, 3.05) is 13.1 Å². The van der Waals surface area contributed by atoms with Crippen LogP contribution in [0.5, 0.6) is 0 Å². The topological polar surface area (TPSA) is 23.5 Å². The van der Waals surface area contributed by atoms with Crippen LogP contribution in [0.15, 0.2) is 0 Å². The summed E-state index contributed by atoms with van der Waals surface area (Å²) in [6.45, 7) is 8.75. The van der Waals surface area contributed by atoms with Crippen molar-refractivity contribution in [2.45, 2.75) is 58.1 Å². The third-order valence-electron chi connectivity index (χ3n) is 3.45. The quantitative estimate of drug-likeness (QED) is 0.795. The summed E-state index contributed by atoms with van der Waals surface area (Å²) < 4.78 is 25.9. The minimum atomic E-state index is -2.98. The number of aliphatic hydroxyl groups excluding tert-OH is 1. The Labute approximate surface area is 96.6 Å². The van der Waals surface area contributed by atoms with Gasteiger partial charge in [0.1, 0.15) is 6.10 Å². The summed E-state index contributed by atoms with van der Waals surface area (Å²) in [5.41, 5.74) is 0.0880. The molecule has 0 radical (unpaired) electrons. The molecule has 0 unspecified atom stereocenters. The molecule has 1 heterocycles. The van der Waals surface area contributed by atoms with Gasteiger partial charge in [0.05, 0.1) is 0 Å². The van der Waals surface area contributed by atoms with E-state index in [0.29, 0.717) is 12.8 Å². The van der Waals surface area contributed by atoms with Crippen molar-refractivity contribution in [3.05, 3.63) is 0 Å². The number of aliphatic hydroxyl groups is 1. The maximum atomic E-state index is 13.0. The van der Waals surface area contributed by atoms with Gasteiger partial charge in [0.15, 0.2) is 0 Å². The van der Waals surface area contributed by atoms with Crippen LogP contribution in [0.4, 0.5) is 8.78 Å². The van der Waals surface area contributed by atoms with E-state index in [4.69, 9.17) is 0 Å². The summed E-state index contributed by atoms with van der Waals surface area (Å²) in [5, 5.41) is 9.53. The van der Waals surface area contributed by atoms with Gasteiger partial charge in [-0.2, -0.15) is 0 Å². The fourth-order valence-corrected chi connectivity index (χ4v) is 2.30. The van der Waals surface area contributed by atoms with Crippen molar-refractivity contribution in [1.29, 1.82) is 0 Å². The Balaban J connectivity index is 2.50. The SMILES string of the molecule is CC(F)(F)[C@@H](O)C1CCN(C(C)(C)C)CC1. The number of alkyl halides is 2. The van der Waals surface area contributed by atoms with Crippen molar-refractivity contribution >= 4 is 0 Å². The van der Waals surface area contributed by atoms with Crippen molar-refractivity contribution in [2.24, 2.45) is 5.92 Å². The normalized spacial score (nSPS) is 23.4. The molecule has 0 spiro atoms. The summed E-state index contributed by atoms with van der Waals surface area (Å²) in [6, 6.07) is 0. The van der Waals surface area contributed by atoms with Crippen LogP contribution in [0, 0.1) is 5.92 Å².